The van der Waals surface area contributed by atoms with E-state index in [9.17, 15) is 9.59 Å². The van der Waals surface area contributed by atoms with Gasteiger partial charge in [0.2, 0.25) is 5.91 Å². The Bertz CT molecular complexity index is 887. The van der Waals surface area contributed by atoms with Crippen LogP contribution in [0.5, 0.6) is 5.75 Å². The molecular weight excluding hydrogens is 356 g/mol. The van der Waals surface area contributed by atoms with E-state index in [4.69, 9.17) is 22.1 Å². The van der Waals surface area contributed by atoms with Crippen molar-refractivity contribution in [2.24, 2.45) is 0 Å². The van der Waals surface area contributed by atoms with Gasteiger partial charge in [-0.1, -0.05) is 17.7 Å². The van der Waals surface area contributed by atoms with Crippen LogP contribution in [-0.2, 0) is 9.59 Å². The van der Waals surface area contributed by atoms with Crippen molar-refractivity contribution in [3.63, 3.8) is 0 Å². The normalized spacial score (nSPS) is 17.3. The lowest BCUT2D eigenvalue weighted by Gasteiger charge is -2.35. The Labute approximate surface area is 156 Å². The molecule has 1 aromatic heterocycles. The summed E-state index contributed by atoms with van der Waals surface area (Å²) < 4.78 is 5.55. The smallest absolute Gasteiger partial charge is 0.269 e. The van der Waals surface area contributed by atoms with Crippen LogP contribution in [0.3, 0.4) is 0 Å². The van der Waals surface area contributed by atoms with Crippen LogP contribution in [0.4, 0.5) is 17.3 Å². The Morgan fingerprint density at radius 3 is 2.81 bits per heavy atom. The summed E-state index contributed by atoms with van der Waals surface area (Å²) >= 11 is 6.10. The van der Waals surface area contributed by atoms with E-state index in [1.54, 1.807) is 38.1 Å². The molecule has 0 radical (unpaired) electrons. The molecule has 3 rings (SSSR count). The summed E-state index contributed by atoms with van der Waals surface area (Å²) in [5.41, 5.74) is 7.19. The minimum Gasteiger partial charge on any atom is -0.477 e. The number of aryl methyl sites for hydroxylation is 1. The number of pyridine rings is 1. The summed E-state index contributed by atoms with van der Waals surface area (Å²) in [6.45, 7) is 5.12. The molecule has 8 heteroatoms. The van der Waals surface area contributed by atoms with Gasteiger partial charge in [0.1, 0.15) is 11.9 Å². The van der Waals surface area contributed by atoms with Crippen LogP contribution in [0.15, 0.2) is 30.3 Å². The van der Waals surface area contributed by atoms with Crippen molar-refractivity contribution in [2.45, 2.75) is 32.9 Å². The third-order valence-electron chi connectivity index (χ3n) is 4.18. The number of nitrogens with one attached hydrogen (secondary N) is 1. The zero-order valence-corrected chi connectivity index (χ0v) is 15.4. The van der Waals surface area contributed by atoms with Crippen LogP contribution in [0.25, 0.3) is 0 Å². The van der Waals surface area contributed by atoms with Gasteiger partial charge < -0.3 is 15.8 Å². The molecule has 1 aromatic carbocycles. The Kier molecular flexibility index (Phi) is 4.73. The molecule has 136 valence electrons. The predicted octanol–water partition coefficient (Wildman–Crippen LogP) is 2.77. The van der Waals surface area contributed by atoms with Crippen molar-refractivity contribution >= 4 is 40.7 Å². The summed E-state index contributed by atoms with van der Waals surface area (Å²) in [5, 5.41) is 3.32. The Hall–Kier alpha value is -2.80. The van der Waals surface area contributed by atoms with Gasteiger partial charge in [-0.25, -0.2) is 4.98 Å². The number of halogens is 1. The average molecular weight is 375 g/mol. The Morgan fingerprint density at radius 1 is 1.38 bits per heavy atom. The number of hydrogen-bond donors (Lipinski definition) is 2. The summed E-state index contributed by atoms with van der Waals surface area (Å²) in [5.74, 6) is 0.141. The number of nitrogen functional groups attached to an aromatic ring is 1. The fourth-order valence-electron chi connectivity index (χ4n) is 2.66. The van der Waals surface area contributed by atoms with E-state index in [0.29, 0.717) is 16.5 Å². The predicted molar refractivity (Wildman–Crippen MR) is 101 cm³/mol. The van der Waals surface area contributed by atoms with Crippen molar-refractivity contribution in [1.82, 2.24) is 4.98 Å². The summed E-state index contributed by atoms with van der Waals surface area (Å²) in [4.78, 5) is 30.8. The van der Waals surface area contributed by atoms with Gasteiger partial charge in [-0.3, -0.25) is 14.5 Å². The second kappa shape index (κ2) is 6.84. The molecule has 0 saturated heterocycles. The van der Waals surface area contributed by atoms with Gasteiger partial charge in [0, 0.05) is 10.7 Å². The van der Waals surface area contributed by atoms with Gasteiger partial charge in [0.15, 0.2) is 17.7 Å². The second-order valence-electron chi connectivity index (χ2n) is 6.16. The minimum absolute atomic E-state index is 0.234. The van der Waals surface area contributed by atoms with Gasteiger partial charge in [0.25, 0.3) is 5.91 Å². The fraction of sp³-hybridized carbons (Fsp3) is 0.278. The number of aromatic nitrogens is 1. The van der Waals surface area contributed by atoms with Crippen LogP contribution in [0.2, 0.25) is 5.02 Å². The van der Waals surface area contributed by atoms with Crippen LogP contribution in [0.1, 0.15) is 19.4 Å². The quantitative estimate of drug-likeness (QED) is 0.860. The lowest BCUT2D eigenvalue weighted by atomic mass is 10.1. The number of ether oxygens (including phenoxy) is 1. The van der Waals surface area contributed by atoms with Crippen LogP contribution in [-0.4, -0.2) is 28.9 Å². The minimum atomic E-state index is -0.818. The summed E-state index contributed by atoms with van der Waals surface area (Å²) in [6, 6.07) is 7.62. The molecule has 2 amide bonds. The molecule has 1 aliphatic rings. The Balaban J connectivity index is 1.89. The van der Waals surface area contributed by atoms with E-state index in [1.807, 2.05) is 13.0 Å². The van der Waals surface area contributed by atoms with E-state index in [0.717, 1.165) is 5.56 Å². The lowest BCUT2D eigenvalue weighted by molar-refractivity contribution is -0.128. The van der Waals surface area contributed by atoms with Gasteiger partial charge in [0.05, 0.1) is 0 Å². The molecule has 2 atom stereocenters. The largest absolute Gasteiger partial charge is 0.477 e. The molecule has 2 unspecified atom stereocenters. The number of carbonyl (C=O) groups is 2. The Morgan fingerprint density at radius 2 is 2.12 bits per heavy atom. The standard InChI is InChI=1S/C18H19ClN4O3/c1-9-4-5-12(8-13(9)19)21-17(24)10(2)23-16-14(6-7-15(20)22-16)26-11(3)18(23)25/h4-8,10-11H,1-3H3,(H2,20,22)(H,21,24). The molecule has 2 aromatic rings. The molecule has 7 nitrogen and oxygen atoms in total. The monoisotopic (exact) mass is 374 g/mol. The van der Waals surface area contributed by atoms with Gasteiger partial charge in [-0.2, -0.15) is 0 Å². The highest BCUT2D eigenvalue weighted by Crippen LogP contribution is 2.34. The summed E-state index contributed by atoms with van der Waals surface area (Å²) in [7, 11) is 0. The topological polar surface area (TPSA) is 97.5 Å². The molecule has 3 N–H and O–H groups in total. The third kappa shape index (κ3) is 3.30. The highest BCUT2D eigenvalue weighted by atomic mass is 35.5. The first-order valence-electron chi connectivity index (χ1n) is 8.11. The van der Waals surface area contributed by atoms with Crippen molar-refractivity contribution in [3.05, 3.63) is 40.9 Å². The number of benzene rings is 1. The molecule has 1 aliphatic heterocycles. The number of fused-ring (bicyclic) bond motifs is 1. The van der Waals surface area contributed by atoms with E-state index in [-0.39, 0.29) is 23.5 Å². The number of rotatable bonds is 3. The molecule has 0 spiro atoms. The zero-order valence-electron chi connectivity index (χ0n) is 14.6. The number of amides is 2. The maximum atomic E-state index is 12.7. The molecule has 26 heavy (non-hydrogen) atoms. The summed E-state index contributed by atoms with van der Waals surface area (Å²) in [6.07, 6.45) is -0.725. The lowest BCUT2D eigenvalue weighted by Crippen LogP contribution is -2.53. The molecule has 0 aliphatic carbocycles. The maximum Gasteiger partial charge on any atom is 0.269 e. The third-order valence-corrected chi connectivity index (χ3v) is 4.59. The molecular formula is C18H19ClN4O3. The maximum absolute atomic E-state index is 12.7. The van der Waals surface area contributed by atoms with E-state index < -0.39 is 12.1 Å². The van der Waals surface area contributed by atoms with Crippen LogP contribution >= 0.6 is 11.6 Å². The molecule has 0 saturated carbocycles. The first kappa shape index (κ1) is 18.0. The first-order valence-corrected chi connectivity index (χ1v) is 8.49. The van der Waals surface area contributed by atoms with Crippen molar-refractivity contribution < 1.29 is 14.3 Å². The van der Waals surface area contributed by atoms with Crippen molar-refractivity contribution in [1.29, 1.82) is 0 Å². The number of carbonyl (C=O) groups excluding carboxylic acids is 2. The average Bonchev–Trinajstić information content (AvgIpc) is 2.59. The fourth-order valence-corrected chi connectivity index (χ4v) is 2.85. The van der Waals surface area contributed by atoms with Crippen LogP contribution in [0, 0.1) is 6.92 Å². The van der Waals surface area contributed by atoms with Gasteiger partial charge >= 0.3 is 0 Å². The van der Waals surface area contributed by atoms with E-state index >= 15 is 0 Å². The van der Waals surface area contributed by atoms with E-state index in [2.05, 4.69) is 10.3 Å². The van der Waals surface area contributed by atoms with Crippen molar-refractivity contribution in [3.8, 4) is 5.75 Å². The van der Waals surface area contributed by atoms with E-state index in [1.165, 1.54) is 4.90 Å². The highest BCUT2D eigenvalue weighted by Gasteiger charge is 2.38. The molecule has 0 bridgehead atoms. The zero-order chi connectivity index (χ0) is 19.0. The number of nitrogens with two attached hydrogens (primary N) is 1. The molecule has 2 heterocycles. The van der Waals surface area contributed by atoms with Gasteiger partial charge in [-0.15, -0.1) is 0 Å². The van der Waals surface area contributed by atoms with Crippen LogP contribution < -0.4 is 20.7 Å². The number of anilines is 3. The van der Waals surface area contributed by atoms with Gasteiger partial charge in [-0.05, 0) is 50.6 Å². The molecule has 0 fully saturated rings. The first-order chi connectivity index (χ1) is 12.3. The number of nitrogens with zero attached hydrogens (tertiary/aromatic N) is 2. The van der Waals surface area contributed by atoms with Crippen molar-refractivity contribution in [2.75, 3.05) is 16.0 Å². The SMILES string of the molecule is Cc1ccc(NC(=O)C(C)N2C(=O)C(C)Oc3ccc(N)nc32)cc1Cl. The highest BCUT2D eigenvalue weighted by molar-refractivity contribution is 6.31. The number of hydrogen-bond acceptors (Lipinski definition) is 5. The second-order valence-corrected chi connectivity index (χ2v) is 6.56.